The first-order chi connectivity index (χ1) is 10.7. The molecule has 2 aromatic rings. The smallest absolute Gasteiger partial charge is 0.251 e. The number of benzene rings is 2. The van der Waals surface area contributed by atoms with E-state index in [1.54, 1.807) is 25.1 Å². The van der Waals surface area contributed by atoms with Crippen molar-refractivity contribution in [2.75, 3.05) is 0 Å². The van der Waals surface area contributed by atoms with Crippen molar-refractivity contribution in [3.8, 4) is 0 Å². The highest BCUT2D eigenvalue weighted by Gasteiger charge is 2.17. The highest BCUT2D eigenvalue weighted by Crippen LogP contribution is 2.22. The zero-order chi connectivity index (χ0) is 17.2. The van der Waals surface area contributed by atoms with E-state index in [4.69, 9.17) is 28.3 Å². The minimum absolute atomic E-state index is 0.0352. The Morgan fingerprint density at radius 3 is 2.48 bits per heavy atom. The first-order valence-corrected chi connectivity index (χ1v) is 8.87. The van der Waals surface area contributed by atoms with Gasteiger partial charge in [0.1, 0.15) is 4.90 Å². The van der Waals surface area contributed by atoms with Crippen molar-refractivity contribution in [1.82, 2.24) is 5.32 Å². The van der Waals surface area contributed by atoms with E-state index in [0.717, 1.165) is 11.6 Å². The Morgan fingerprint density at radius 1 is 1.17 bits per heavy atom. The summed E-state index contributed by atoms with van der Waals surface area (Å²) in [6.07, 6.45) is 0. The SMILES string of the molecule is CC(NC(=O)c1ccc(Cl)c(S(N)(=O)=O)c1)c1cccc(Cl)c1. The lowest BCUT2D eigenvalue weighted by Gasteiger charge is -2.15. The van der Waals surface area contributed by atoms with Crippen molar-refractivity contribution in [2.45, 2.75) is 17.9 Å². The lowest BCUT2D eigenvalue weighted by Crippen LogP contribution is -2.27. The van der Waals surface area contributed by atoms with E-state index >= 15 is 0 Å². The molecule has 0 aliphatic heterocycles. The van der Waals surface area contributed by atoms with Gasteiger partial charge in [0, 0.05) is 10.6 Å². The number of hydrogen-bond acceptors (Lipinski definition) is 3. The number of sulfonamides is 1. The minimum Gasteiger partial charge on any atom is -0.346 e. The fourth-order valence-electron chi connectivity index (χ4n) is 2.00. The van der Waals surface area contributed by atoms with E-state index in [1.165, 1.54) is 12.1 Å². The van der Waals surface area contributed by atoms with E-state index in [0.29, 0.717) is 5.02 Å². The Hall–Kier alpha value is -1.60. The van der Waals surface area contributed by atoms with Crippen molar-refractivity contribution in [3.63, 3.8) is 0 Å². The van der Waals surface area contributed by atoms with Gasteiger partial charge in [0.2, 0.25) is 10.0 Å². The molecule has 1 amide bonds. The molecule has 1 unspecified atom stereocenters. The summed E-state index contributed by atoms with van der Waals surface area (Å²) in [6, 6.07) is 10.7. The number of amides is 1. The fraction of sp³-hybridized carbons (Fsp3) is 0.133. The number of nitrogens with one attached hydrogen (secondary N) is 1. The lowest BCUT2D eigenvalue weighted by molar-refractivity contribution is 0.0939. The van der Waals surface area contributed by atoms with Crippen LogP contribution in [0.4, 0.5) is 0 Å². The summed E-state index contributed by atoms with van der Waals surface area (Å²) in [5.41, 5.74) is 0.971. The molecule has 0 aliphatic carbocycles. The third kappa shape index (κ3) is 4.45. The number of rotatable bonds is 4. The van der Waals surface area contributed by atoms with Crippen LogP contribution in [0.5, 0.6) is 0 Å². The highest BCUT2D eigenvalue weighted by molar-refractivity contribution is 7.89. The van der Waals surface area contributed by atoms with Crippen molar-refractivity contribution < 1.29 is 13.2 Å². The maximum absolute atomic E-state index is 12.3. The molecule has 1 atom stereocenters. The van der Waals surface area contributed by atoms with Crippen LogP contribution in [0.15, 0.2) is 47.4 Å². The minimum atomic E-state index is -4.01. The van der Waals surface area contributed by atoms with Crippen molar-refractivity contribution >= 4 is 39.1 Å². The van der Waals surface area contributed by atoms with Crippen molar-refractivity contribution in [2.24, 2.45) is 5.14 Å². The Balaban J connectivity index is 2.24. The second-order valence-electron chi connectivity index (χ2n) is 4.94. The number of nitrogens with two attached hydrogens (primary N) is 1. The topological polar surface area (TPSA) is 89.3 Å². The average molecular weight is 373 g/mol. The largest absolute Gasteiger partial charge is 0.346 e. The molecule has 23 heavy (non-hydrogen) atoms. The second kappa shape index (κ2) is 6.88. The molecular weight excluding hydrogens is 359 g/mol. The number of primary sulfonamides is 1. The molecule has 0 heterocycles. The third-order valence-corrected chi connectivity index (χ3v) is 4.82. The summed E-state index contributed by atoms with van der Waals surface area (Å²) >= 11 is 11.7. The summed E-state index contributed by atoms with van der Waals surface area (Å²) in [4.78, 5) is 12.0. The Kier molecular flexibility index (Phi) is 5.31. The van der Waals surface area contributed by atoms with Crippen LogP contribution >= 0.6 is 23.2 Å². The van der Waals surface area contributed by atoms with Gasteiger partial charge in [-0.1, -0.05) is 35.3 Å². The van der Waals surface area contributed by atoms with Crippen molar-refractivity contribution in [1.29, 1.82) is 0 Å². The molecule has 2 rings (SSSR count). The maximum atomic E-state index is 12.3. The van der Waals surface area contributed by atoms with Gasteiger partial charge < -0.3 is 5.32 Å². The molecule has 8 heteroatoms. The molecule has 0 saturated heterocycles. The summed E-state index contributed by atoms with van der Waals surface area (Å²) < 4.78 is 22.9. The van der Waals surface area contributed by atoms with Crippen LogP contribution in [-0.4, -0.2) is 14.3 Å². The van der Waals surface area contributed by atoms with Gasteiger partial charge in [0.15, 0.2) is 0 Å². The lowest BCUT2D eigenvalue weighted by atomic mass is 10.1. The Bertz CT molecular complexity index is 854. The first kappa shape index (κ1) is 17.7. The van der Waals surface area contributed by atoms with E-state index in [2.05, 4.69) is 5.32 Å². The zero-order valence-corrected chi connectivity index (χ0v) is 14.4. The number of halogens is 2. The molecule has 3 N–H and O–H groups in total. The van der Waals surface area contributed by atoms with Crippen LogP contribution in [0.3, 0.4) is 0 Å². The van der Waals surface area contributed by atoms with Gasteiger partial charge >= 0.3 is 0 Å². The summed E-state index contributed by atoms with van der Waals surface area (Å²) in [5, 5.41) is 8.36. The molecule has 0 fully saturated rings. The van der Waals surface area contributed by atoms with Crippen LogP contribution in [0.25, 0.3) is 0 Å². The Morgan fingerprint density at radius 2 is 1.87 bits per heavy atom. The Labute approximate surface area is 144 Å². The van der Waals surface area contributed by atoms with E-state index in [-0.39, 0.29) is 21.5 Å². The monoisotopic (exact) mass is 372 g/mol. The summed E-state index contributed by atoms with van der Waals surface area (Å²) in [7, 11) is -4.01. The molecule has 122 valence electrons. The van der Waals surface area contributed by atoms with Gasteiger partial charge in [-0.3, -0.25) is 4.79 Å². The van der Waals surface area contributed by atoms with Crippen LogP contribution in [0.1, 0.15) is 28.9 Å². The summed E-state index contributed by atoms with van der Waals surface area (Å²) in [5.74, 6) is -0.445. The average Bonchev–Trinajstić information content (AvgIpc) is 2.46. The van der Waals surface area contributed by atoms with Crippen LogP contribution in [0, 0.1) is 0 Å². The van der Waals surface area contributed by atoms with Crippen molar-refractivity contribution in [3.05, 3.63) is 63.6 Å². The molecule has 2 aromatic carbocycles. The van der Waals surface area contributed by atoms with Crippen LogP contribution in [0.2, 0.25) is 10.0 Å². The normalized spacial score (nSPS) is 12.7. The number of hydrogen-bond donors (Lipinski definition) is 2. The molecule has 5 nitrogen and oxygen atoms in total. The summed E-state index contributed by atoms with van der Waals surface area (Å²) in [6.45, 7) is 1.79. The fourth-order valence-corrected chi connectivity index (χ4v) is 3.27. The molecule has 0 aliphatic rings. The van der Waals surface area contributed by atoms with Crippen LogP contribution in [-0.2, 0) is 10.0 Å². The first-order valence-electron chi connectivity index (χ1n) is 6.57. The molecule has 0 radical (unpaired) electrons. The molecule has 0 bridgehead atoms. The zero-order valence-electron chi connectivity index (χ0n) is 12.1. The highest BCUT2D eigenvalue weighted by atomic mass is 35.5. The number of carbonyl (C=O) groups is 1. The standard InChI is InChI=1S/C15H14Cl2N2O3S/c1-9(10-3-2-4-12(16)7-10)19-15(20)11-5-6-13(17)14(8-11)23(18,21)22/h2-9H,1H3,(H,19,20)(H2,18,21,22). The van der Waals surface area contributed by atoms with E-state index < -0.39 is 15.9 Å². The molecule has 0 aromatic heterocycles. The van der Waals surface area contributed by atoms with Gasteiger partial charge in [-0.15, -0.1) is 0 Å². The van der Waals surface area contributed by atoms with Gasteiger partial charge in [0.25, 0.3) is 5.91 Å². The number of carbonyl (C=O) groups excluding carboxylic acids is 1. The van der Waals surface area contributed by atoms with Gasteiger partial charge in [0.05, 0.1) is 11.1 Å². The second-order valence-corrected chi connectivity index (χ2v) is 7.31. The quantitative estimate of drug-likeness (QED) is 0.863. The van der Waals surface area contributed by atoms with Gasteiger partial charge in [-0.2, -0.15) is 0 Å². The molecule has 0 saturated carbocycles. The van der Waals surface area contributed by atoms with Gasteiger partial charge in [-0.05, 0) is 42.8 Å². The predicted octanol–water partition coefficient (Wildman–Crippen LogP) is 3.13. The predicted molar refractivity (Wildman–Crippen MR) is 90.2 cm³/mol. The van der Waals surface area contributed by atoms with E-state index in [1.807, 2.05) is 6.07 Å². The van der Waals surface area contributed by atoms with E-state index in [9.17, 15) is 13.2 Å². The van der Waals surface area contributed by atoms with Gasteiger partial charge in [-0.25, -0.2) is 13.6 Å². The van der Waals surface area contributed by atoms with Crippen LogP contribution < -0.4 is 10.5 Å². The molecule has 0 spiro atoms. The third-order valence-electron chi connectivity index (χ3n) is 3.20. The maximum Gasteiger partial charge on any atom is 0.251 e. The molecular formula is C15H14Cl2N2O3S.